The van der Waals surface area contributed by atoms with Crippen molar-refractivity contribution in [1.82, 2.24) is 0 Å². The lowest BCUT2D eigenvalue weighted by atomic mass is 10.2. The molecule has 0 aromatic heterocycles. The van der Waals surface area contributed by atoms with Crippen LogP contribution in [0.4, 0.5) is 0 Å². The molecule has 0 unspecified atom stereocenters. The fourth-order valence-corrected chi connectivity index (χ4v) is 2.87. The minimum Gasteiger partial charge on any atom is -0.192 e. The van der Waals surface area contributed by atoms with E-state index >= 15 is 0 Å². The Bertz CT molecular complexity index is 629. The number of benzene rings is 2. The van der Waals surface area contributed by atoms with Gasteiger partial charge in [0, 0.05) is 9.79 Å². The molecule has 3 heteroatoms. The highest BCUT2D eigenvalue weighted by Gasteiger charge is 2.06. The molecule has 18 heavy (non-hydrogen) atoms. The van der Waals surface area contributed by atoms with Crippen LogP contribution in [0.15, 0.2) is 46.2 Å². The van der Waals surface area contributed by atoms with Gasteiger partial charge in [-0.15, -0.1) is 0 Å². The van der Waals surface area contributed by atoms with E-state index in [9.17, 15) is 0 Å². The van der Waals surface area contributed by atoms with E-state index in [1.807, 2.05) is 6.07 Å². The Labute approximate surface area is 116 Å². The number of aryl methyl sites for hydroxylation is 2. The van der Waals surface area contributed by atoms with Gasteiger partial charge < -0.3 is 0 Å². The van der Waals surface area contributed by atoms with Gasteiger partial charge in [-0.05, 0) is 43.7 Å². The van der Waals surface area contributed by atoms with Crippen LogP contribution >= 0.6 is 23.4 Å². The third kappa shape index (κ3) is 2.87. The fourth-order valence-electron chi connectivity index (χ4n) is 1.69. The molecule has 0 N–H and O–H groups in total. The van der Waals surface area contributed by atoms with Gasteiger partial charge >= 0.3 is 0 Å². The van der Waals surface area contributed by atoms with E-state index in [1.54, 1.807) is 23.9 Å². The number of halogens is 1. The minimum absolute atomic E-state index is 0.588. The van der Waals surface area contributed by atoms with Crippen LogP contribution in [0.5, 0.6) is 0 Å². The Hall–Kier alpha value is -1.43. The van der Waals surface area contributed by atoms with Gasteiger partial charge in [-0.25, -0.2) is 0 Å². The topological polar surface area (TPSA) is 23.8 Å². The van der Waals surface area contributed by atoms with Gasteiger partial charge in [0.1, 0.15) is 0 Å². The summed E-state index contributed by atoms with van der Waals surface area (Å²) in [4.78, 5) is 2.16. The smallest absolute Gasteiger partial charge is 0.0992 e. The summed E-state index contributed by atoms with van der Waals surface area (Å²) < 4.78 is 0. The zero-order valence-corrected chi connectivity index (χ0v) is 11.8. The Kier molecular flexibility index (Phi) is 3.96. The quantitative estimate of drug-likeness (QED) is 0.770. The summed E-state index contributed by atoms with van der Waals surface area (Å²) in [5, 5.41) is 9.43. The van der Waals surface area contributed by atoms with Gasteiger partial charge in [-0.3, -0.25) is 0 Å². The van der Waals surface area contributed by atoms with E-state index in [0.717, 1.165) is 4.90 Å². The van der Waals surface area contributed by atoms with Gasteiger partial charge in [-0.1, -0.05) is 41.1 Å². The van der Waals surface area contributed by atoms with Crippen molar-refractivity contribution >= 4 is 23.4 Å². The van der Waals surface area contributed by atoms with Crippen LogP contribution < -0.4 is 0 Å². The molecule has 0 radical (unpaired) electrons. The SMILES string of the molecule is Cc1ccc(Sc2ccc(C#N)cc2Cl)c(C)c1. The maximum absolute atomic E-state index is 8.80. The third-order valence-electron chi connectivity index (χ3n) is 2.61. The Morgan fingerprint density at radius 2 is 1.78 bits per heavy atom. The van der Waals surface area contributed by atoms with Gasteiger partial charge in [0.15, 0.2) is 0 Å². The van der Waals surface area contributed by atoms with E-state index in [1.165, 1.54) is 16.0 Å². The molecule has 1 nitrogen and oxygen atoms in total. The van der Waals surface area contributed by atoms with Crippen LogP contribution in [0, 0.1) is 25.2 Å². The van der Waals surface area contributed by atoms with E-state index in [4.69, 9.17) is 16.9 Å². The second-order valence-corrected chi connectivity index (χ2v) is 5.62. The lowest BCUT2D eigenvalue weighted by Crippen LogP contribution is -1.83. The summed E-state index contributed by atoms with van der Waals surface area (Å²) in [5.74, 6) is 0. The van der Waals surface area contributed by atoms with Crippen molar-refractivity contribution in [3.05, 3.63) is 58.1 Å². The molecule has 0 spiro atoms. The summed E-state index contributed by atoms with van der Waals surface area (Å²) >= 11 is 7.80. The molecule has 2 rings (SSSR count). The zero-order valence-electron chi connectivity index (χ0n) is 10.2. The van der Waals surface area contributed by atoms with Crippen LogP contribution in [0.1, 0.15) is 16.7 Å². The minimum atomic E-state index is 0.588. The highest BCUT2D eigenvalue weighted by molar-refractivity contribution is 7.99. The van der Waals surface area contributed by atoms with Gasteiger partial charge in [-0.2, -0.15) is 5.26 Å². The first-order chi connectivity index (χ1) is 8.60. The highest BCUT2D eigenvalue weighted by Crippen LogP contribution is 2.35. The molecule has 90 valence electrons. The summed E-state index contributed by atoms with van der Waals surface area (Å²) in [6.07, 6.45) is 0. The van der Waals surface area contributed by atoms with Crippen molar-refractivity contribution in [2.24, 2.45) is 0 Å². The van der Waals surface area contributed by atoms with Crippen molar-refractivity contribution in [3.63, 3.8) is 0 Å². The number of nitrogens with zero attached hydrogens (tertiary/aromatic N) is 1. The van der Waals surface area contributed by atoms with E-state index < -0.39 is 0 Å². The first kappa shape index (κ1) is 13.0. The normalized spacial score (nSPS) is 10.1. The largest absolute Gasteiger partial charge is 0.192 e. The molecule has 2 aromatic carbocycles. The van der Waals surface area contributed by atoms with E-state index in [0.29, 0.717) is 10.6 Å². The Morgan fingerprint density at radius 1 is 1.06 bits per heavy atom. The standard InChI is InChI=1S/C15H12ClNS/c1-10-3-5-14(11(2)7-10)18-15-6-4-12(9-17)8-13(15)16/h3-8H,1-2H3. The number of rotatable bonds is 2. The highest BCUT2D eigenvalue weighted by atomic mass is 35.5. The summed E-state index contributed by atoms with van der Waals surface area (Å²) in [6.45, 7) is 4.17. The summed E-state index contributed by atoms with van der Waals surface area (Å²) in [5.41, 5.74) is 3.08. The maximum atomic E-state index is 8.80. The van der Waals surface area contributed by atoms with Crippen LogP contribution in [0.25, 0.3) is 0 Å². The lowest BCUT2D eigenvalue weighted by molar-refractivity contribution is 1.26. The van der Waals surface area contributed by atoms with Crippen LogP contribution in [-0.2, 0) is 0 Å². The average molecular weight is 274 g/mol. The molecule has 0 saturated carbocycles. The zero-order chi connectivity index (χ0) is 13.1. The second kappa shape index (κ2) is 5.48. The molecule has 0 atom stereocenters. The summed E-state index contributed by atoms with van der Waals surface area (Å²) in [7, 11) is 0. The number of hydrogen-bond donors (Lipinski definition) is 0. The Morgan fingerprint density at radius 3 is 2.39 bits per heavy atom. The summed E-state index contributed by atoms with van der Waals surface area (Å²) in [6, 6.07) is 13.8. The van der Waals surface area contributed by atoms with E-state index in [2.05, 4.69) is 38.1 Å². The molecule has 0 saturated heterocycles. The van der Waals surface area contributed by atoms with Crippen LogP contribution in [0.3, 0.4) is 0 Å². The van der Waals surface area contributed by atoms with Crippen molar-refractivity contribution < 1.29 is 0 Å². The molecular formula is C15H12ClNS. The second-order valence-electron chi connectivity index (χ2n) is 4.13. The molecule has 0 amide bonds. The number of hydrogen-bond acceptors (Lipinski definition) is 2. The molecular weight excluding hydrogens is 262 g/mol. The Balaban J connectivity index is 2.32. The first-order valence-corrected chi connectivity index (χ1v) is 6.74. The van der Waals surface area contributed by atoms with Gasteiger partial charge in [0.05, 0.1) is 16.7 Å². The predicted octanol–water partition coefficient (Wildman–Crippen LogP) is 4.98. The average Bonchev–Trinajstić information content (AvgIpc) is 2.34. The molecule has 2 aromatic rings. The van der Waals surface area contributed by atoms with Crippen molar-refractivity contribution in [1.29, 1.82) is 5.26 Å². The number of nitriles is 1. The van der Waals surface area contributed by atoms with Crippen molar-refractivity contribution in [2.45, 2.75) is 23.6 Å². The molecule has 0 aliphatic carbocycles. The van der Waals surface area contributed by atoms with Crippen molar-refractivity contribution in [3.8, 4) is 6.07 Å². The van der Waals surface area contributed by atoms with Gasteiger partial charge in [0.25, 0.3) is 0 Å². The molecule has 0 heterocycles. The first-order valence-electron chi connectivity index (χ1n) is 5.55. The van der Waals surface area contributed by atoms with E-state index in [-0.39, 0.29) is 0 Å². The van der Waals surface area contributed by atoms with Gasteiger partial charge in [0.2, 0.25) is 0 Å². The molecule has 0 bridgehead atoms. The van der Waals surface area contributed by atoms with Crippen molar-refractivity contribution in [2.75, 3.05) is 0 Å². The third-order valence-corrected chi connectivity index (χ3v) is 4.29. The lowest BCUT2D eigenvalue weighted by Gasteiger charge is -2.08. The molecule has 0 aliphatic rings. The van der Waals surface area contributed by atoms with Crippen LogP contribution in [0.2, 0.25) is 5.02 Å². The monoisotopic (exact) mass is 273 g/mol. The maximum Gasteiger partial charge on any atom is 0.0992 e. The van der Waals surface area contributed by atoms with Crippen LogP contribution in [-0.4, -0.2) is 0 Å². The predicted molar refractivity (Wildman–Crippen MR) is 76.2 cm³/mol. The molecule has 0 aliphatic heterocycles. The molecule has 0 fully saturated rings. The fraction of sp³-hybridized carbons (Fsp3) is 0.133.